The first-order valence-electron chi connectivity index (χ1n) is 9.04. The van der Waals surface area contributed by atoms with Crippen molar-refractivity contribution in [2.75, 3.05) is 6.54 Å². The van der Waals surface area contributed by atoms with Gasteiger partial charge < -0.3 is 5.73 Å². The molecule has 0 atom stereocenters. The molecule has 0 spiro atoms. The molecule has 0 aliphatic heterocycles. The molecule has 0 radical (unpaired) electrons. The van der Waals surface area contributed by atoms with E-state index in [1.165, 1.54) is 0 Å². The molecule has 4 nitrogen and oxygen atoms in total. The Bertz CT molecular complexity index is 1010. The molecule has 40 heavy (non-hydrogen) atoms. The quantitative estimate of drug-likeness (QED) is 0.138. The summed E-state index contributed by atoms with van der Waals surface area (Å²) in [6.45, 7) is 3.72. The summed E-state index contributed by atoms with van der Waals surface area (Å²) in [5, 5.41) is -8.01. The fraction of sp³-hybridized carbons (Fsp3) is 0.867. The van der Waals surface area contributed by atoms with E-state index >= 15 is 0 Å². The van der Waals surface area contributed by atoms with Crippen LogP contribution in [0, 0.1) is 0 Å². The van der Waals surface area contributed by atoms with Crippen LogP contribution in [0.2, 0.25) is 0 Å². The minimum atomic E-state index is -9.26. The van der Waals surface area contributed by atoms with Crippen LogP contribution in [0.25, 0.3) is 0 Å². The second-order valence-corrected chi connectivity index (χ2v) is 8.63. The van der Waals surface area contributed by atoms with Crippen LogP contribution >= 0.6 is 0 Å². The Morgan fingerprint density at radius 1 is 0.575 bits per heavy atom. The molecule has 0 amide bonds. The summed E-state index contributed by atoms with van der Waals surface area (Å²) < 4.78 is 293. The summed E-state index contributed by atoms with van der Waals surface area (Å²) in [4.78, 5) is 0. The molecule has 0 fully saturated rings. The predicted molar refractivity (Wildman–Crippen MR) is 90.6 cm³/mol. The van der Waals surface area contributed by atoms with Crippen LogP contribution in [-0.2, 0) is 10.1 Å². The largest absolute Gasteiger partial charge is 0.438 e. The van der Waals surface area contributed by atoms with Crippen molar-refractivity contribution in [3.05, 3.63) is 12.7 Å². The summed E-state index contributed by atoms with van der Waals surface area (Å²) in [7, 11) is -8.05. The number of hydrogen-bond donors (Lipinski definition) is 2. The number of hydrogen-bond acceptors (Lipinski definition) is 3. The number of nitrogens with two attached hydrogens (primary N) is 1. The van der Waals surface area contributed by atoms with Gasteiger partial charge in [-0.2, -0.15) is 96.2 Å². The highest BCUT2D eigenvalue weighted by Crippen LogP contribution is 2.66. The Hall–Kier alpha value is -1.79. The molecule has 0 aliphatic rings. The van der Waals surface area contributed by atoms with Gasteiger partial charge in [0.1, 0.15) is 0 Å². The third kappa shape index (κ3) is 5.28. The minimum Gasteiger partial charge on any atom is -0.327 e. The molecular formula is C15H13F20NO3S. The van der Waals surface area contributed by atoms with Gasteiger partial charge >= 0.3 is 68.7 Å². The van der Waals surface area contributed by atoms with Crippen molar-refractivity contribution in [3.8, 4) is 0 Å². The van der Waals surface area contributed by atoms with Gasteiger partial charge in [0.2, 0.25) is 0 Å². The predicted octanol–water partition coefficient (Wildman–Crippen LogP) is 6.73. The lowest BCUT2D eigenvalue weighted by molar-refractivity contribution is -0.466. The van der Waals surface area contributed by atoms with Crippen LogP contribution in [0.5, 0.6) is 0 Å². The Kier molecular flexibility index (Phi) is 10.9. The highest BCUT2D eigenvalue weighted by Gasteiger charge is 2.98. The van der Waals surface area contributed by atoms with Gasteiger partial charge in [0.15, 0.2) is 0 Å². The Balaban J connectivity index is 0. The zero-order valence-electron chi connectivity index (χ0n) is 18.5. The molecule has 0 aliphatic carbocycles. The molecule has 0 bridgehead atoms. The molecule has 3 N–H and O–H groups in total. The van der Waals surface area contributed by atoms with E-state index in [2.05, 4.69) is 6.58 Å². The topological polar surface area (TPSA) is 80.4 Å². The molecule has 25 heteroatoms. The van der Waals surface area contributed by atoms with E-state index in [0.717, 1.165) is 0 Å². The molecule has 242 valence electrons. The molecule has 0 aromatic heterocycles. The average molecular weight is 667 g/mol. The van der Waals surface area contributed by atoms with Crippen molar-refractivity contribution in [2.24, 2.45) is 5.73 Å². The molecule has 0 rings (SSSR count). The molecule has 0 unspecified atom stereocenters. The third-order valence-electron chi connectivity index (χ3n) is 4.52. The van der Waals surface area contributed by atoms with Gasteiger partial charge in [0.25, 0.3) is 0 Å². The first kappa shape index (κ1) is 40.3. The maximum atomic E-state index is 13.5. The highest BCUT2D eigenvalue weighted by molar-refractivity contribution is 7.87. The van der Waals surface area contributed by atoms with Crippen LogP contribution in [-0.4, -0.2) is 78.1 Å². The molecule has 0 aromatic rings. The van der Waals surface area contributed by atoms with Gasteiger partial charge in [0, 0.05) is 13.0 Å². The Morgan fingerprint density at radius 2 is 0.775 bits per heavy atom. The zero-order chi connectivity index (χ0) is 33.6. The van der Waals surface area contributed by atoms with E-state index in [0.29, 0.717) is 6.54 Å². The summed E-state index contributed by atoms with van der Waals surface area (Å²) in [5.41, 5.74) is 4.91. The number of alkyl halides is 20. The van der Waals surface area contributed by atoms with Gasteiger partial charge in [-0.25, -0.2) is 0 Å². The second-order valence-electron chi connectivity index (χ2n) is 7.17. The van der Waals surface area contributed by atoms with Crippen LogP contribution in [0.15, 0.2) is 12.7 Å². The van der Waals surface area contributed by atoms with Crippen LogP contribution in [0.4, 0.5) is 87.8 Å². The van der Waals surface area contributed by atoms with E-state index in [1.807, 2.05) is 0 Å². The van der Waals surface area contributed by atoms with E-state index in [9.17, 15) is 96.2 Å². The monoisotopic (exact) mass is 667 g/mol. The van der Waals surface area contributed by atoms with Gasteiger partial charge in [-0.3, -0.25) is 4.55 Å². The normalized spacial score (nSPS) is 15.9. The first-order chi connectivity index (χ1) is 17.0. The summed E-state index contributed by atoms with van der Waals surface area (Å²) in [6, 6.07) is 0. The number of rotatable bonds is 12. The standard InChI is InChI=1S/C12H6F20O3S.C3H7N/c1-2-3(13,14)4(15,16)5(17,18)6(19,20)7(21,22)8(23,24)9(25,26)10(27,28)11(29,30)12(31,32)36(33,34)35;1-2-3-4/h2H2,1H3,(H,33,34,35);2H,1,3-4H2. The molecule has 0 saturated carbocycles. The Labute approximate surface area is 208 Å². The maximum Gasteiger partial charge on any atom is 0.438 e. The van der Waals surface area contributed by atoms with E-state index in [-0.39, 0.29) is 6.92 Å². The third-order valence-corrected chi connectivity index (χ3v) is 5.42. The van der Waals surface area contributed by atoms with Crippen molar-refractivity contribution >= 4 is 10.1 Å². The summed E-state index contributed by atoms with van der Waals surface area (Å²) in [6.07, 6.45) is -1.02. The molecule has 0 aromatic carbocycles. The lowest BCUT2D eigenvalue weighted by Crippen LogP contribution is -2.77. The Morgan fingerprint density at radius 3 is 0.950 bits per heavy atom. The maximum absolute atomic E-state index is 13.5. The SMILES string of the molecule is C=CCN.CCC(F)(F)C(F)(F)C(F)(F)C(F)(F)C(F)(F)C(F)(F)C(F)(F)C(F)(F)C(F)(F)C(F)(F)S(=O)(=O)O. The lowest BCUT2D eigenvalue weighted by atomic mass is 9.86. The van der Waals surface area contributed by atoms with Gasteiger partial charge in [0.05, 0.1) is 0 Å². The van der Waals surface area contributed by atoms with Crippen LogP contribution in [0.3, 0.4) is 0 Å². The van der Waals surface area contributed by atoms with Gasteiger partial charge in [-0.15, -0.1) is 6.58 Å². The lowest BCUT2D eigenvalue weighted by Gasteiger charge is -2.44. The molecular weight excluding hydrogens is 654 g/mol. The van der Waals surface area contributed by atoms with Crippen molar-refractivity contribution in [3.63, 3.8) is 0 Å². The highest BCUT2D eigenvalue weighted by atomic mass is 32.2. The van der Waals surface area contributed by atoms with E-state index in [1.54, 1.807) is 6.08 Å². The smallest absolute Gasteiger partial charge is 0.327 e. The fourth-order valence-electron chi connectivity index (χ4n) is 1.98. The molecule has 0 saturated heterocycles. The zero-order valence-corrected chi connectivity index (χ0v) is 19.3. The van der Waals surface area contributed by atoms with Gasteiger partial charge in [-0.1, -0.05) is 13.0 Å². The molecule has 0 heterocycles. The van der Waals surface area contributed by atoms with Crippen LogP contribution < -0.4 is 5.73 Å². The van der Waals surface area contributed by atoms with E-state index in [4.69, 9.17) is 10.3 Å². The van der Waals surface area contributed by atoms with E-state index < -0.39 is 75.1 Å². The fourth-order valence-corrected chi connectivity index (χ4v) is 2.43. The van der Waals surface area contributed by atoms with Crippen molar-refractivity contribution < 1.29 is 101 Å². The first-order valence-corrected chi connectivity index (χ1v) is 10.5. The second kappa shape index (κ2) is 10.8. The summed E-state index contributed by atoms with van der Waals surface area (Å²) >= 11 is 0. The van der Waals surface area contributed by atoms with Crippen molar-refractivity contribution in [1.29, 1.82) is 0 Å². The van der Waals surface area contributed by atoms with Crippen LogP contribution in [0.1, 0.15) is 13.3 Å². The van der Waals surface area contributed by atoms with Gasteiger partial charge in [-0.05, 0) is 0 Å². The number of halogens is 20. The summed E-state index contributed by atoms with van der Waals surface area (Å²) in [5.74, 6) is -77.3. The van der Waals surface area contributed by atoms with Crippen molar-refractivity contribution in [1.82, 2.24) is 0 Å². The average Bonchev–Trinajstić information content (AvgIpc) is 2.77. The minimum absolute atomic E-state index is 0.221. The van der Waals surface area contributed by atoms with Crippen molar-refractivity contribution in [2.45, 2.75) is 71.9 Å².